The molecule has 0 unspecified atom stereocenters. The number of hydrogen-bond donors (Lipinski definition) is 3. The van der Waals surface area contributed by atoms with Crippen molar-refractivity contribution >= 4 is 46.5 Å². The van der Waals surface area contributed by atoms with Gasteiger partial charge >= 0.3 is 6.09 Å². The van der Waals surface area contributed by atoms with E-state index < -0.39 is 11.7 Å². The van der Waals surface area contributed by atoms with Gasteiger partial charge in [0, 0.05) is 17.1 Å². The van der Waals surface area contributed by atoms with Crippen molar-refractivity contribution in [2.75, 3.05) is 16.0 Å². The van der Waals surface area contributed by atoms with Gasteiger partial charge in [0.15, 0.2) is 5.82 Å². The van der Waals surface area contributed by atoms with Crippen LogP contribution in [0, 0.1) is 0 Å². The number of rotatable bonds is 1. The number of aromatic nitrogens is 2. The van der Waals surface area contributed by atoms with Gasteiger partial charge in [0.25, 0.3) is 0 Å². The van der Waals surface area contributed by atoms with Crippen LogP contribution in [0.25, 0.3) is 0 Å². The van der Waals surface area contributed by atoms with Gasteiger partial charge in [-0.3, -0.25) is 5.32 Å². The zero-order valence-corrected chi connectivity index (χ0v) is 18.4. The predicted molar refractivity (Wildman–Crippen MR) is 124 cm³/mol. The smallest absolute Gasteiger partial charge is 0.412 e. The van der Waals surface area contributed by atoms with Crippen LogP contribution in [-0.2, 0) is 17.6 Å². The van der Waals surface area contributed by atoms with Crippen LogP contribution in [0.2, 0.25) is 5.02 Å². The molecule has 31 heavy (non-hydrogen) atoms. The lowest BCUT2D eigenvalue weighted by molar-refractivity contribution is 0.0636. The molecule has 8 heteroatoms. The molecular weight excluding hydrogens is 414 g/mol. The van der Waals surface area contributed by atoms with Crippen LogP contribution in [0.1, 0.15) is 31.9 Å². The quantitative estimate of drug-likeness (QED) is 0.428. The molecule has 4 rings (SSSR count). The van der Waals surface area contributed by atoms with E-state index in [4.69, 9.17) is 16.3 Å². The predicted octanol–water partition coefficient (Wildman–Crippen LogP) is 6.06. The molecule has 0 atom stereocenters. The lowest BCUT2D eigenvalue weighted by atomic mass is 10.0. The summed E-state index contributed by atoms with van der Waals surface area (Å²) in [5.74, 6) is 0.904. The molecule has 160 valence electrons. The summed E-state index contributed by atoms with van der Waals surface area (Å²) in [6.07, 6.45) is 2.67. The van der Waals surface area contributed by atoms with Crippen LogP contribution in [0.3, 0.4) is 0 Å². The fourth-order valence-corrected chi connectivity index (χ4v) is 3.41. The van der Waals surface area contributed by atoms with Crippen LogP contribution in [0.5, 0.6) is 0 Å². The summed E-state index contributed by atoms with van der Waals surface area (Å²) >= 11 is 6.32. The molecule has 0 spiro atoms. The Kier molecular flexibility index (Phi) is 5.69. The minimum atomic E-state index is -0.582. The number of amides is 1. The third-order valence-corrected chi connectivity index (χ3v) is 4.81. The number of ether oxygens (including phenoxy) is 1. The first kappa shape index (κ1) is 20.9. The van der Waals surface area contributed by atoms with Crippen LogP contribution in [0.4, 0.5) is 33.6 Å². The largest absolute Gasteiger partial charge is 0.444 e. The number of anilines is 5. The van der Waals surface area contributed by atoms with E-state index in [1.807, 2.05) is 51.1 Å². The zero-order valence-electron chi connectivity index (χ0n) is 17.6. The van der Waals surface area contributed by atoms with Crippen molar-refractivity contribution in [3.8, 4) is 0 Å². The molecule has 3 aromatic rings. The molecule has 0 radical (unpaired) electrons. The summed E-state index contributed by atoms with van der Waals surface area (Å²) in [5.41, 5.74) is 3.94. The highest BCUT2D eigenvalue weighted by atomic mass is 35.5. The second kappa shape index (κ2) is 8.43. The lowest BCUT2D eigenvalue weighted by Crippen LogP contribution is -2.27. The van der Waals surface area contributed by atoms with E-state index in [2.05, 4.69) is 38.1 Å². The van der Waals surface area contributed by atoms with Crippen LogP contribution >= 0.6 is 11.6 Å². The van der Waals surface area contributed by atoms with E-state index in [0.29, 0.717) is 22.5 Å². The number of hydrogen-bond acceptors (Lipinski definition) is 6. The molecule has 1 aliphatic heterocycles. The molecular formula is C23H24ClN5O2. The topological polar surface area (TPSA) is 88.2 Å². The van der Waals surface area contributed by atoms with Crippen molar-refractivity contribution in [1.29, 1.82) is 0 Å². The maximum absolute atomic E-state index is 12.3. The molecule has 1 amide bonds. The van der Waals surface area contributed by atoms with Gasteiger partial charge in [-0.05, 0) is 75.1 Å². The Morgan fingerprint density at radius 1 is 1.06 bits per heavy atom. The van der Waals surface area contributed by atoms with E-state index in [9.17, 15) is 4.79 Å². The van der Waals surface area contributed by atoms with Gasteiger partial charge in [0.2, 0.25) is 5.95 Å². The van der Waals surface area contributed by atoms with E-state index in [1.165, 1.54) is 5.56 Å². The van der Waals surface area contributed by atoms with E-state index in [0.717, 1.165) is 29.8 Å². The van der Waals surface area contributed by atoms with Gasteiger partial charge in [-0.1, -0.05) is 23.7 Å². The average Bonchev–Trinajstić information content (AvgIpc) is 2.67. The first-order valence-electron chi connectivity index (χ1n) is 10.0. The fraction of sp³-hybridized carbons (Fsp3) is 0.261. The molecule has 2 heterocycles. The first-order chi connectivity index (χ1) is 14.7. The minimum absolute atomic E-state index is 0.390. The van der Waals surface area contributed by atoms with Gasteiger partial charge in [-0.25, -0.2) is 9.78 Å². The van der Waals surface area contributed by atoms with Gasteiger partial charge in [-0.15, -0.1) is 0 Å². The number of fused-ring (bicyclic) bond motifs is 6. The minimum Gasteiger partial charge on any atom is -0.444 e. The summed E-state index contributed by atoms with van der Waals surface area (Å²) in [6, 6.07) is 13.9. The van der Waals surface area contributed by atoms with E-state index >= 15 is 0 Å². The Labute approximate surface area is 186 Å². The summed E-state index contributed by atoms with van der Waals surface area (Å²) in [5, 5.41) is 9.68. The molecule has 3 N–H and O–H groups in total. The Morgan fingerprint density at radius 2 is 1.84 bits per heavy atom. The van der Waals surface area contributed by atoms with Crippen molar-refractivity contribution in [1.82, 2.24) is 9.97 Å². The summed E-state index contributed by atoms with van der Waals surface area (Å²) in [7, 11) is 0. The molecule has 6 bridgehead atoms. The third-order valence-electron chi connectivity index (χ3n) is 4.53. The van der Waals surface area contributed by atoms with Crippen molar-refractivity contribution in [3.63, 3.8) is 0 Å². The van der Waals surface area contributed by atoms with Crippen molar-refractivity contribution in [3.05, 3.63) is 64.8 Å². The van der Waals surface area contributed by atoms with E-state index in [1.54, 1.807) is 6.20 Å². The van der Waals surface area contributed by atoms with Crippen LogP contribution < -0.4 is 16.0 Å². The average molecular weight is 438 g/mol. The Hall–Kier alpha value is -3.32. The van der Waals surface area contributed by atoms with Crippen LogP contribution in [0.15, 0.2) is 48.7 Å². The SMILES string of the molecule is CC(C)(C)OC(=O)Nc1cc2cc(c1)Nc1nc(ncc1Cl)Nc1cccc(c1)CC2. The molecule has 0 fully saturated rings. The van der Waals surface area contributed by atoms with Crippen LogP contribution in [-0.4, -0.2) is 21.7 Å². The number of carbonyl (C=O) groups is 1. The van der Waals surface area contributed by atoms with Crippen molar-refractivity contribution in [2.45, 2.75) is 39.2 Å². The molecule has 1 aliphatic rings. The number of carbonyl (C=O) groups excluding carboxylic acids is 1. The summed E-state index contributed by atoms with van der Waals surface area (Å²) < 4.78 is 5.39. The lowest BCUT2D eigenvalue weighted by Gasteiger charge is -2.20. The number of aryl methyl sites for hydroxylation is 2. The van der Waals surface area contributed by atoms with Gasteiger partial charge in [0.05, 0.1) is 6.20 Å². The molecule has 7 nitrogen and oxygen atoms in total. The molecule has 0 saturated carbocycles. The van der Waals surface area contributed by atoms with Gasteiger partial charge < -0.3 is 15.4 Å². The van der Waals surface area contributed by atoms with Gasteiger partial charge in [0.1, 0.15) is 10.6 Å². The highest BCUT2D eigenvalue weighted by molar-refractivity contribution is 6.32. The highest BCUT2D eigenvalue weighted by Gasteiger charge is 2.17. The number of nitrogens with zero attached hydrogens (tertiary/aromatic N) is 2. The Morgan fingerprint density at radius 3 is 2.65 bits per heavy atom. The van der Waals surface area contributed by atoms with E-state index in [-0.39, 0.29) is 0 Å². The first-order valence-corrected chi connectivity index (χ1v) is 10.4. The molecule has 2 aromatic carbocycles. The van der Waals surface area contributed by atoms with Crippen molar-refractivity contribution < 1.29 is 9.53 Å². The normalized spacial score (nSPS) is 12.9. The summed E-state index contributed by atoms with van der Waals surface area (Å²) in [6.45, 7) is 5.48. The molecule has 1 aromatic heterocycles. The Balaban J connectivity index is 1.71. The number of benzene rings is 2. The summed E-state index contributed by atoms with van der Waals surface area (Å²) in [4.78, 5) is 21.1. The second-order valence-corrected chi connectivity index (χ2v) is 8.79. The maximum Gasteiger partial charge on any atom is 0.412 e. The highest BCUT2D eigenvalue weighted by Crippen LogP contribution is 2.29. The number of halogens is 1. The standard InChI is InChI=1S/C23H24ClN5O2/c1-23(2,3)31-22(30)28-18-11-15-8-7-14-5-4-6-16(9-14)27-21-25-13-19(24)20(29-21)26-17(10-15)12-18/h4-6,9-13H,7-8H2,1-3H3,(H,28,30)(H2,25,26,27,29). The Bertz CT molecular complexity index is 1130. The molecule has 0 saturated heterocycles. The third kappa shape index (κ3) is 5.64. The van der Waals surface area contributed by atoms with Gasteiger partial charge in [-0.2, -0.15) is 4.98 Å². The number of nitrogens with one attached hydrogen (secondary N) is 3. The van der Waals surface area contributed by atoms with Crippen molar-refractivity contribution in [2.24, 2.45) is 0 Å². The second-order valence-electron chi connectivity index (χ2n) is 8.39. The molecule has 0 aliphatic carbocycles. The fourth-order valence-electron chi connectivity index (χ4n) is 3.28. The monoisotopic (exact) mass is 437 g/mol. The maximum atomic E-state index is 12.3. The zero-order chi connectivity index (χ0) is 22.0.